The van der Waals surface area contributed by atoms with Crippen molar-refractivity contribution in [3.05, 3.63) is 0 Å². The van der Waals surface area contributed by atoms with E-state index in [9.17, 15) is 0 Å². The zero-order valence-corrected chi connectivity index (χ0v) is 9.11. The first kappa shape index (κ1) is 10.4. The van der Waals surface area contributed by atoms with Crippen LogP contribution in [-0.2, 0) is 4.74 Å². The molecular formula is C11H22N2O. The van der Waals surface area contributed by atoms with E-state index in [0.29, 0.717) is 12.1 Å². The van der Waals surface area contributed by atoms with Gasteiger partial charge in [0.1, 0.15) is 0 Å². The Bertz CT molecular complexity index is 182. The number of rotatable bonds is 4. The standard InChI is InChI=1S/C11H22N2O/c1-14-10-5-6-13(8-10)11(7-12)9-3-2-4-9/h9-11H,2-8,12H2,1H3. The quantitative estimate of drug-likeness (QED) is 0.727. The van der Waals surface area contributed by atoms with E-state index < -0.39 is 0 Å². The van der Waals surface area contributed by atoms with Gasteiger partial charge in [0.15, 0.2) is 0 Å². The monoisotopic (exact) mass is 198 g/mol. The third-order valence-electron chi connectivity index (χ3n) is 3.91. The molecule has 0 aromatic rings. The topological polar surface area (TPSA) is 38.5 Å². The molecule has 1 saturated carbocycles. The first-order valence-electron chi connectivity index (χ1n) is 5.82. The van der Waals surface area contributed by atoms with Crippen LogP contribution >= 0.6 is 0 Å². The largest absolute Gasteiger partial charge is 0.380 e. The molecule has 0 bridgehead atoms. The van der Waals surface area contributed by atoms with Crippen molar-refractivity contribution >= 4 is 0 Å². The summed E-state index contributed by atoms with van der Waals surface area (Å²) in [5.41, 5.74) is 5.87. The van der Waals surface area contributed by atoms with Crippen molar-refractivity contribution in [1.29, 1.82) is 0 Å². The normalized spacial score (nSPS) is 31.7. The molecule has 3 nitrogen and oxygen atoms in total. The van der Waals surface area contributed by atoms with Crippen molar-refractivity contribution in [2.75, 3.05) is 26.7 Å². The summed E-state index contributed by atoms with van der Waals surface area (Å²) in [5.74, 6) is 0.871. The van der Waals surface area contributed by atoms with E-state index in [0.717, 1.165) is 19.0 Å². The Labute approximate surface area is 86.6 Å². The summed E-state index contributed by atoms with van der Waals surface area (Å²) in [7, 11) is 1.81. The molecule has 2 unspecified atom stereocenters. The van der Waals surface area contributed by atoms with Crippen molar-refractivity contribution in [3.8, 4) is 0 Å². The number of hydrogen-bond acceptors (Lipinski definition) is 3. The Hall–Kier alpha value is -0.120. The van der Waals surface area contributed by atoms with E-state index in [1.807, 2.05) is 7.11 Å². The van der Waals surface area contributed by atoms with E-state index in [1.165, 1.54) is 32.2 Å². The van der Waals surface area contributed by atoms with Gasteiger partial charge in [0.05, 0.1) is 6.10 Å². The van der Waals surface area contributed by atoms with Gasteiger partial charge in [-0.3, -0.25) is 4.90 Å². The fraction of sp³-hybridized carbons (Fsp3) is 1.00. The molecule has 1 heterocycles. The highest BCUT2D eigenvalue weighted by Gasteiger charge is 2.34. The Kier molecular flexibility index (Phi) is 3.42. The van der Waals surface area contributed by atoms with Crippen LogP contribution in [-0.4, -0.2) is 43.8 Å². The first-order valence-corrected chi connectivity index (χ1v) is 5.82. The van der Waals surface area contributed by atoms with Crippen molar-refractivity contribution < 1.29 is 4.74 Å². The predicted molar refractivity (Wildman–Crippen MR) is 57.2 cm³/mol. The van der Waals surface area contributed by atoms with Gasteiger partial charge in [0.25, 0.3) is 0 Å². The van der Waals surface area contributed by atoms with Gasteiger partial charge in [-0.05, 0) is 25.2 Å². The highest BCUT2D eigenvalue weighted by atomic mass is 16.5. The smallest absolute Gasteiger partial charge is 0.0710 e. The summed E-state index contributed by atoms with van der Waals surface area (Å²) in [6, 6.07) is 0.629. The van der Waals surface area contributed by atoms with E-state index in [1.54, 1.807) is 0 Å². The molecule has 1 saturated heterocycles. The lowest BCUT2D eigenvalue weighted by Gasteiger charge is -2.38. The van der Waals surface area contributed by atoms with E-state index in [2.05, 4.69) is 4.90 Å². The van der Waals surface area contributed by atoms with Crippen LogP contribution in [0.25, 0.3) is 0 Å². The van der Waals surface area contributed by atoms with Gasteiger partial charge in [0.2, 0.25) is 0 Å². The molecule has 2 N–H and O–H groups in total. The molecule has 2 aliphatic rings. The molecule has 1 aliphatic carbocycles. The molecule has 14 heavy (non-hydrogen) atoms. The van der Waals surface area contributed by atoms with Crippen molar-refractivity contribution in [2.45, 2.75) is 37.8 Å². The molecule has 0 aromatic carbocycles. The zero-order chi connectivity index (χ0) is 9.97. The first-order chi connectivity index (χ1) is 6.85. The van der Waals surface area contributed by atoms with Crippen LogP contribution in [0.15, 0.2) is 0 Å². The lowest BCUT2D eigenvalue weighted by Crippen LogP contribution is -2.47. The SMILES string of the molecule is COC1CCN(C(CN)C2CCC2)C1. The second-order valence-corrected chi connectivity index (χ2v) is 4.64. The third kappa shape index (κ3) is 1.95. The molecule has 1 aliphatic heterocycles. The second-order valence-electron chi connectivity index (χ2n) is 4.64. The number of likely N-dealkylation sites (tertiary alicyclic amines) is 1. The Morgan fingerprint density at radius 1 is 1.43 bits per heavy atom. The minimum atomic E-state index is 0.448. The van der Waals surface area contributed by atoms with Crippen LogP contribution in [0.5, 0.6) is 0 Å². The van der Waals surface area contributed by atoms with E-state index >= 15 is 0 Å². The molecule has 2 rings (SSSR count). The molecule has 0 spiro atoms. The second kappa shape index (κ2) is 4.60. The van der Waals surface area contributed by atoms with Gasteiger partial charge in [-0.1, -0.05) is 6.42 Å². The Morgan fingerprint density at radius 3 is 2.64 bits per heavy atom. The van der Waals surface area contributed by atoms with Gasteiger partial charge < -0.3 is 10.5 Å². The van der Waals surface area contributed by atoms with Crippen molar-refractivity contribution in [2.24, 2.45) is 11.7 Å². The fourth-order valence-corrected chi connectivity index (χ4v) is 2.71. The maximum absolute atomic E-state index is 5.87. The van der Waals surface area contributed by atoms with Crippen LogP contribution in [0.4, 0.5) is 0 Å². The Morgan fingerprint density at radius 2 is 2.21 bits per heavy atom. The number of hydrogen-bond donors (Lipinski definition) is 1. The molecule has 0 amide bonds. The van der Waals surface area contributed by atoms with Gasteiger partial charge in [-0.15, -0.1) is 0 Å². The lowest BCUT2D eigenvalue weighted by atomic mass is 9.79. The Balaban J connectivity index is 1.86. The summed E-state index contributed by atoms with van der Waals surface area (Å²) in [6.45, 7) is 3.09. The highest BCUT2D eigenvalue weighted by Crippen LogP contribution is 2.33. The highest BCUT2D eigenvalue weighted by molar-refractivity contribution is 4.89. The fourth-order valence-electron chi connectivity index (χ4n) is 2.71. The van der Waals surface area contributed by atoms with Crippen molar-refractivity contribution in [3.63, 3.8) is 0 Å². The summed E-state index contributed by atoms with van der Waals surface area (Å²) >= 11 is 0. The molecule has 0 aromatic heterocycles. The van der Waals surface area contributed by atoms with Gasteiger partial charge in [0, 0.05) is 32.8 Å². The molecular weight excluding hydrogens is 176 g/mol. The van der Waals surface area contributed by atoms with Crippen LogP contribution in [0.1, 0.15) is 25.7 Å². The number of nitrogens with zero attached hydrogens (tertiary/aromatic N) is 1. The minimum Gasteiger partial charge on any atom is -0.380 e. The molecule has 3 heteroatoms. The maximum Gasteiger partial charge on any atom is 0.0710 e. The average molecular weight is 198 g/mol. The van der Waals surface area contributed by atoms with Crippen molar-refractivity contribution in [1.82, 2.24) is 4.90 Å². The lowest BCUT2D eigenvalue weighted by molar-refractivity contribution is 0.0792. The van der Waals surface area contributed by atoms with Gasteiger partial charge in [-0.25, -0.2) is 0 Å². The maximum atomic E-state index is 5.87. The molecule has 2 atom stereocenters. The third-order valence-corrected chi connectivity index (χ3v) is 3.91. The molecule has 82 valence electrons. The molecule has 0 radical (unpaired) electrons. The van der Waals surface area contributed by atoms with Crippen LogP contribution in [0, 0.1) is 5.92 Å². The van der Waals surface area contributed by atoms with E-state index in [4.69, 9.17) is 10.5 Å². The summed E-state index contributed by atoms with van der Waals surface area (Å²) < 4.78 is 5.38. The number of nitrogens with two attached hydrogens (primary N) is 1. The summed E-state index contributed by atoms with van der Waals surface area (Å²) in [4.78, 5) is 2.54. The number of ether oxygens (including phenoxy) is 1. The van der Waals surface area contributed by atoms with Gasteiger partial charge in [-0.2, -0.15) is 0 Å². The summed E-state index contributed by atoms with van der Waals surface area (Å²) in [6.07, 6.45) is 5.80. The molecule has 2 fully saturated rings. The zero-order valence-electron chi connectivity index (χ0n) is 9.11. The van der Waals surface area contributed by atoms with E-state index in [-0.39, 0.29) is 0 Å². The summed E-state index contributed by atoms with van der Waals surface area (Å²) in [5, 5.41) is 0. The predicted octanol–water partition coefficient (Wildman–Crippen LogP) is 0.834. The minimum absolute atomic E-state index is 0.448. The average Bonchev–Trinajstić information content (AvgIpc) is 2.58. The van der Waals surface area contributed by atoms with Gasteiger partial charge >= 0.3 is 0 Å². The van der Waals surface area contributed by atoms with Crippen LogP contribution in [0.2, 0.25) is 0 Å². The number of methoxy groups -OCH3 is 1. The van der Waals surface area contributed by atoms with Crippen LogP contribution in [0.3, 0.4) is 0 Å². The van der Waals surface area contributed by atoms with Crippen LogP contribution < -0.4 is 5.73 Å².